The van der Waals surface area contributed by atoms with Gasteiger partial charge < -0.3 is 10.5 Å². The molecule has 0 fully saturated rings. The van der Waals surface area contributed by atoms with Crippen LogP contribution in [0.4, 0.5) is 0 Å². The molecule has 1 aromatic carbocycles. The standard InChI is InChI=1S/C13H19NO/c1-10(2)7-8-15-13-6-4-5-12(9-13)11(3)14/h4-7,9,11H,8,14H2,1-3H3/t11-/m0/s1. The highest BCUT2D eigenvalue weighted by molar-refractivity contribution is 5.30. The maximum Gasteiger partial charge on any atom is 0.120 e. The van der Waals surface area contributed by atoms with Gasteiger partial charge in [-0.1, -0.05) is 17.7 Å². The normalized spacial score (nSPS) is 12.0. The molecule has 0 saturated carbocycles. The lowest BCUT2D eigenvalue weighted by atomic mass is 10.1. The number of ether oxygens (including phenoxy) is 1. The summed E-state index contributed by atoms with van der Waals surface area (Å²) in [6, 6.07) is 7.97. The Morgan fingerprint density at radius 3 is 2.80 bits per heavy atom. The Labute approximate surface area is 91.7 Å². The van der Waals surface area contributed by atoms with Crippen LogP contribution in [0.25, 0.3) is 0 Å². The van der Waals surface area contributed by atoms with Crippen LogP contribution in [0.1, 0.15) is 32.4 Å². The third-order valence-corrected chi connectivity index (χ3v) is 2.13. The molecule has 2 nitrogen and oxygen atoms in total. The van der Waals surface area contributed by atoms with E-state index in [0.29, 0.717) is 6.61 Å². The minimum absolute atomic E-state index is 0.0528. The highest BCUT2D eigenvalue weighted by Gasteiger charge is 2.00. The van der Waals surface area contributed by atoms with Crippen molar-refractivity contribution in [1.29, 1.82) is 0 Å². The molecule has 0 bridgehead atoms. The molecule has 82 valence electrons. The summed E-state index contributed by atoms with van der Waals surface area (Å²) >= 11 is 0. The Morgan fingerprint density at radius 2 is 2.20 bits per heavy atom. The predicted octanol–water partition coefficient (Wildman–Crippen LogP) is 3.05. The predicted molar refractivity (Wildman–Crippen MR) is 64.0 cm³/mol. The quantitative estimate of drug-likeness (QED) is 0.767. The average Bonchev–Trinajstić information content (AvgIpc) is 2.17. The molecule has 0 heterocycles. The monoisotopic (exact) mass is 205 g/mol. The summed E-state index contributed by atoms with van der Waals surface area (Å²) in [4.78, 5) is 0. The average molecular weight is 205 g/mol. The van der Waals surface area contributed by atoms with Gasteiger partial charge in [0.05, 0.1) is 0 Å². The van der Waals surface area contributed by atoms with E-state index in [1.54, 1.807) is 0 Å². The summed E-state index contributed by atoms with van der Waals surface area (Å²) in [6.07, 6.45) is 2.05. The maximum atomic E-state index is 5.79. The maximum absolute atomic E-state index is 5.79. The van der Waals surface area contributed by atoms with Gasteiger partial charge in [-0.3, -0.25) is 0 Å². The molecule has 0 unspecified atom stereocenters. The number of hydrogen-bond acceptors (Lipinski definition) is 2. The third kappa shape index (κ3) is 4.17. The van der Waals surface area contributed by atoms with E-state index in [1.807, 2.05) is 31.2 Å². The summed E-state index contributed by atoms with van der Waals surface area (Å²) in [5.41, 5.74) is 8.16. The zero-order valence-electron chi connectivity index (χ0n) is 9.66. The lowest BCUT2D eigenvalue weighted by Gasteiger charge is -2.08. The Bertz CT molecular complexity index is 338. The molecule has 15 heavy (non-hydrogen) atoms. The minimum atomic E-state index is 0.0528. The van der Waals surface area contributed by atoms with Crippen LogP contribution in [0.2, 0.25) is 0 Å². The van der Waals surface area contributed by atoms with E-state index in [0.717, 1.165) is 11.3 Å². The van der Waals surface area contributed by atoms with Gasteiger partial charge in [-0.25, -0.2) is 0 Å². The second-order valence-corrected chi connectivity index (χ2v) is 3.95. The number of nitrogens with two attached hydrogens (primary N) is 1. The van der Waals surface area contributed by atoms with Gasteiger partial charge in [0.2, 0.25) is 0 Å². The Hall–Kier alpha value is -1.28. The topological polar surface area (TPSA) is 35.2 Å². The van der Waals surface area contributed by atoms with Crippen molar-refractivity contribution in [2.24, 2.45) is 5.73 Å². The van der Waals surface area contributed by atoms with E-state index < -0.39 is 0 Å². The third-order valence-electron chi connectivity index (χ3n) is 2.13. The highest BCUT2D eigenvalue weighted by Crippen LogP contribution is 2.17. The van der Waals surface area contributed by atoms with Gasteiger partial charge in [0.25, 0.3) is 0 Å². The molecular formula is C13H19NO. The fourth-order valence-corrected chi connectivity index (χ4v) is 1.19. The first-order valence-corrected chi connectivity index (χ1v) is 5.21. The number of rotatable bonds is 4. The molecule has 0 aromatic heterocycles. The van der Waals surface area contributed by atoms with Crippen LogP contribution < -0.4 is 10.5 Å². The molecule has 1 rings (SSSR count). The highest BCUT2D eigenvalue weighted by atomic mass is 16.5. The Morgan fingerprint density at radius 1 is 1.47 bits per heavy atom. The van der Waals surface area contributed by atoms with Crippen molar-refractivity contribution in [3.63, 3.8) is 0 Å². The van der Waals surface area contributed by atoms with Crippen molar-refractivity contribution < 1.29 is 4.74 Å². The van der Waals surface area contributed by atoms with Gasteiger partial charge in [-0.05, 0) is 44.5 Å². The van der Waals surface area contributed by atoms with Gasteiger partial charge in [0, 0.05) is 6.04 Å². The van der Waals surface area contributed by atoms with Crippen LogP contribution in [0.5, 0.6) is 5.75 Å². The number of allylic oxidation sites excluding steroid dienone is 1. The number of hydrogen-bond donors (Lipinski definition) is 1. The molecule has 0 aliphatic rings. The fourth-order valence-electron chi connectivity index (χ4n) is 1.19. The van der Waals surface area contributed by atoms with Crippen LogP contribution in [-0.4, -0.2) is 6.61 Å². The van der Waals surface area contributed by atoms with E-state index >= 15 is 0 Å². The van der Waals surface area contributed by atoms with Gasteiger partial charge in [0.15, 0.2) is 0 Å². The zero-order chi connectivity index (χ0) is 11.3. The van der Waals surface area contributed by atoms with Crippen molar-refractivity contribution in [2.45, 2.75) is 26.8 Å². The summed E-state index contributed by atoms with van der Waals surface area (Å²) in [5.74, 6) is 0.877. The molecular weight excluding hydrogens is 186 g/mol. The van der Waals surface area contributed by atoms with Crippen LogP contribution in [0.15, 0.2) is 35.9 Å². The largest absolute Gasteiger partial charge is 0.490 e. The Kier molecular flexibility index (Phi) is 4.37. The summed E-state index contributed by atoms with van der Waals surface area (Å²) in [6.45, 7) is 6.70. The first kappa shape index (κ1) is 11.8. The van der Waals surface area contributed by atoms with Crippen molar-refractivity contribution in [2.75, 3.05) is 6.61 Å². The van der Waals surface area contributed by atoms with E-state index in [-0.39, 0.29) is 6.04 Å². The zero-order valence-corrected chi connectivity index (χ0v) is 9.66. The van der Waals surface area contributed by atoms with Crippen molar-refractivity contribution >= 4 is 0 Å². The molecule has 2 heteroatoms. The lowest BCUT2D eigenvalue weighted by Crippen LogP contribution is -2.05. The van der Waals surface area contributed by atoms with E-state index in [1.165, 1.54) is 5.57 Å². The molecule has 0 aliphatic heterocycles. The van der Waals surface area contributed by atoms with E-state index in [9.17, 15) is 0 Å². The lowest BCUT2D eigenvalue weighted by molar-refractivity contribution is 0.361. The summed E-state index contributed by atoms with van der Waals surface area (Å²) in [5, 5.41) is 0. The summed E-state index contributed by atoms with van der Waals surface area (Å²) < 4.78 is 5.58. The number of benzene rings is 1. The second-order valence-electron chi connectivity index (χ2n) is 3.95. The van der Waals surface area contributed by atoms with Crippen molar-refractivity contribution in [3.05, 3.63) is 41.5 Å². The van der Waals surface area contributed by atoms with Gasteiger partial charge in [-0.15, -0.1) is 0 Å². The molecule has 0 saturated heterocycles. The molecule has 0 aliphatic carbocycles. The van der Waals surface area contributed by atoms with Crippen LogP contribution >= 0.6 is 0 Å². The minimum Gasteiger partial charge on any atom is -0.490 e. The van der Waals surface area contributed by atoms with Gasteiger partial charge in [0.1, 0.15) is 12.4 Å². The molecule has 2 N–H and O–H groups in total. The fraction of sp³-hybridized carbons (Fsp3) is 0.385. The van der Waals surface area contributed by atoms with Crippen LogP contribution in [0.3, 0.4) is 0 Å². The SMILES string of the molecule is CC(C)=CCOc1cccc([C@H](C)N)c1. The first-order valence-electron chi connectivity index (χ1n) is 5.21. The molecule has 0 radical (unpaired) electrons. The first-order chi connectivity index (χ1) is 7.09. The van der Waals surface area contributed by atoms with Crippen molar-refractivity contribution in [3.8, 4) is 5.75 Å². The van der Waals surface area contributed by atoms with Gasteiger partial charge >= 0.3 is 0 Å². The molecule has 1 atom stereocenters. The summed E-state index contributed by atoms with van der Waals surface area (Å²) in [7, 11) is 0. The van der Waals surface area contributed by atoms with Crippen LogP contribution in [0, 0.1) is 0 Å². The smallest absolute Gasteiger partial charge is 0.120 e. The van der Waals surface area contributed by atoms with E-state index in [4.69, 9.17) is 10.5 Å². The van der Waals surface area contributed by atoms with E-state index in [2.05, 4.69) is 19.9 Å². The second kappa shape index (κ2) is 5.56. The molecule has 0 spiro atoms. The van der Waals surface area contributed by atoms with Gasteiger partial charge in [-0.2, -0.15) is 0 Å². The van der Waals surface area contributed by atoms with Crippen molar-refractivity contribution in [1.82, 2.24) is 0 Å². The van der Waals surface area contributed by atoms with Crippen LogP contribution in [-0.2, 0) is 0 Å². The molecule has 0 amide bonds. The molecule has 1 aromatic rings. The Balaban J connectivity index is 2.62.